The number of aromatic nitrogens is 3. The number of fused-ring (bicyclic) bond motifs is 1. The van der Waals surface area contributed by atoms with Crippen molar-refractivity contribution in [1.82, 2.24) is 15.0 Å². The maximum absolute atomic E-state index is 7.00. The molecule has 0 aliphatic rings. The summed E-state index contributed by atoms with van der Waals surface area (Å²) >= 11 is 13.4. The van der Waals surface area contributed by atoms with E-state index >= 15 is 0 Å². The second kappa shape index (κ2) is 9.93. The van der Waals surface area contributed by atoms with E-state index in [1.807, 2.05) is 37.4 Å². The van der Waals surface area contributed by atoms with Gasteiger partial charge in [0.2, 0.25) is 0 Å². The van der Waals surface area contributed by atoms with Gasteiger partial charge in [0.15, 0.2) is 19.5 Å². The molecule has 0 aliphatic heterocycles. The Morgan fingerprint density at radius 2 is 1.80 bits per heavy atom. The zero-order chi connectivity index (χ0) is 21.9. The Labute approximate surface area is 192 Å². The topological polar surface area (TPSA) is 49.2 Å². The smallest absolute Gasteiger partial charge is 0.161 e. The fourth-order valence-corrected chi connectivity index (χ4v) is 6.17. The number of alkyl halides is 1. The number of aryl methyl sites for hydroxylation is 1. The van der Waals surface area contributed by atoms with Gasteiger partial charge in [-0.05, 0) is 47.4 Å². The lowest BCUT2D eigenvalue weighted by atomic mass is 9.82. The molecule has 2 aromatic carbocycles. The molecule has 0 saturated heterocycles. The molecule has 30 heavy (non-hydrogen) atoms. The summed E-state index contributed by atoms with van der Waals surface area (Å²) in [6.45, 7) is 8.64. The molecule has 162 valence electrons. The van der Waals surface area contributed by atoms with Crippen molar-refractivity contribution in [3.05, 3.63) is 58.1 Å². The molecule has 0 spiro atoms. The molecule has 0 aliphatic carbocycles. The van der Waals surface area contributed by atoms with Crippen LogP contribution in [-0.4, -0.2) is 40.8 Å². The fraction of sp³-hybridized carbons (Fsp3) is 0.429. The van der Waals surface area contributed by atoms with Gasteiger partial charge in [0.05, 0.1) is 10.9 Å². The number of hydrogen-bond donors (Lipinski definition) is 0. The first-order valence-electron chi connectivity index (χ1n) is 10.2. The molecule has 1 atom stereocenters. The molecule has 0 fully saturated rings. The van der Waals surface area contributed by atoms with Gasteiger partial charge in [-0.2, -0.15) is 0 Å². The fourth-order valence-electron chi connectivity index (χ4n) is 3.74. The first-order valence-corrected chi connectivity index (χ1v) is 15.0. The molecule has 9 heteroatoms. The average molecular weight is 483 g/mol. The molecule has 1 heterocycles. The van der Waals surface area contributed by atoms with Crippen LogP contribution in [0.15, 0.2) is 36.4 Å². The van der Waals surface area contributed by atoms with Crippen LogP contribution in [0.2, 0.25) is 18.1 Å². The van der Waals surface area contributed by atoms with E-state index in [1.54, 1.807) is 4.68 Å². The minimum Gasteiger partial charge on any atom is -0.400 e. The van der Waals surface area contributed by atoms with E-state index in [-0.39, 0.29) is 17.1 Å². The highest BCUT2D eigenvalue weighted by Crippen LogP contribution is 2.38. The summed E-state index contributed by atoms with van der Waals surface area (Å²) in [4.78, 5) is 0. The normalized spacial score (nSPS) is 15.0. The second-order valence-electron chi connectivity index (χ2n) is 8.07. The van der Waals surface area contributed by atoms with Crippen molar-refractivity contribution in [2.24, 2.45) is 12.5 Å². The third-order valence-corrected chi connectivity index (χ3v) is 7.22. The summed E-state index contributed by atoms with van der Waals surface area (Å²) in [7, 11) is 0.711. The lowest BCUT2D eigenvalue weighted by Crippen LogP contribution is -2.37. The predicted molar refractivity (Wildman–Crippen MR) is 130 cm³/mol. The minimum atomic E-state index is -0.585. The zero-order valence-electron chi connectivity index (χ0n) is 18.2. The molecule has 0 N–H and O–H groups in total. The number of rotatable bonds is 9. The Morgan fingerprint density at radius 3 is 2.47 bits per heavy atom. The van der Waals surface area contributed by atoms with Crippen LogP contribution < -0.4 is 0 Å². The van der Waals surface area contributed by atoms with Crippen LogP contribution in [0.25, 0.3) is 11.0 Å². The molecular formula is C21H29Cl2N3O2Si2. The Kier molecular flexibility index (Phi) is 7.76. The van der Waals surface area contributed by atoms with Crippen molar-refractivity contribution >= 4 is 53.8 Å². The molecular weight excluding hydrogens is 453 g/mol. The quantitative estimate of drug-likeness (QED) is 0.261. The van der Waals surface area contributed by atoms with Gasteiger partial charge < -0.3 is 8.85 Å². The van der Waals surface area contributed by atoms with E-state index < -0.39 is 19.5 Å². The summed E-state index contributed by atoms with van der Waals surface area (Å²) in [6.07, 6.45) is 0.568. The number of hydrogen-bond acceptors (Lipinski definition) is 4. The van der Waals surface area contributed by atoms with Crippen molar-refractivity contribution in [2.45, 2.75) is 45.0 Å². The maximum atomic E-state index is 7.00. The maximum Gasteiger partial charge on any atom is 0.161 e. The van der Waals surface area contributed by atoms with Crippen LogP contribution >= 0.6 is 23.2 Å². The van der Waals surface area contributed by atoms with Gasteiger partial charge in [0, 0.05) is 17.5 Å². The van der Waals surface area contributed by atoms with Gasteiger partial charge in [-0.25, -0.2) is 4.68 Å². The highest BCUT2D eigenvalue weighted by atomic mass is 35.5. The Morgan fingerprint density at radius 1 is 1.10 bits per heavy atom. The standard InChI is InChI=1S/C21H29Cl2N3O2Si2/c1-21(2,20(27-29-4)28-30-5)12-14-10-15(22)7-8-16(14)19(23)13-6-9-17-18(11-13)26(3)25-24-17/h6-11,19-20H,12,29-30H2,1-5H3. The number of halogens is 2. The molecule has 1 unspecified atom stereocenters. The molecule has 0 amide bonds. The van der Waals surface area contributed by atoms with Gasteiger partial charge >= 0.3 is 0 Å². The highest BCUT2D eigenvalue weighted by molar-refractivity contribution is 6.30. The van der Waals surface area contributed by atoms with E-state index in [0.717, 1.165) is 34.1 Å². The van der Waals surface area contributed by atoms with Crippen LogP contribution in [0.5, 0.6) is 0 Å². The largest absolute Gasteiger partial charge is 0.400 e. The van der Waals surface area contributed by atoms with Crippen LogP contribution in [0, 0.1) is 5.41 Å². The predicted octanol–water partition coefficient (Wildman–Crippen LogP) is 4.14. The summed E-state index contributed by atoms with van der Waals surface area (Å²) in [6, 6.07) is 12.0. The summed E-state index contributed by atoms with van der Waals surface area (Å²) in [5.41, 5.74) is 4.77. The Hall–Kier alpha value is -1.23. The first-order chi connectivity index (χ1) is 14.3. The van der Waals surface area contributed by atoms with Crippen LogP contribution in [0.3, 0.4) is 0 Å². The molecule has 0 bridgehead atoms. The van der Waals surface area contributed by atoms with E-state index in [4.69, 9.17) is 32.1 Å². The van der Waals surface area contributed by atoms with Crippen molar-refractivity contribution in [1.29, 1.82) is 0 Å². The van der Waals surface area contributed by atoms with Gasteiger partial charge in [-0.15, -0.1) is 16.7 Å². The van der Waals surface area contributed by atoms with Gasteiger partial charge in [0.1, 0.15) is 11.8 Å². The van der Waals surface area contributed by atoms with Crippen LogP contribution in [0.4, 0.5) is 0 Å². The van der Waals surface area contributed by atoms with Crippen molar-refractivity contribution in [3.8, 4) is 0 Å². The summed E-state index contributed by atoms with van der Waals surface area (Å²) < 4.78 is 13.9. The molecule has 3 rings (SSSR count). The van der Waals surface area contributed by atoms with Gasteiger partial charge in [0.25, 0.3) is 0 Å². The van der Waals surface area contributed by atoms with E-state index in [9.17, 15) is 0 Å². The number of nitrogens with zero attached hydrogens (tertiary/aromatic N) is 3. The monoisotopic (exact) mass is 481 g/mol. The van der Waals surface area contributed by atoms with E-state index in [2.05, 4.69) is 43.3 Å². The third-order valence-electron chi connectivity index (χ3n) is 5.23. The van der Waals surface area contributed by atoms with Crippen LogP contribution in [-0.2, 0) is 22.3 Å². The molecule has 5 nitrogen and oxygen atoms in total. The summed E-state index contributed by atoms with van der Waals surface area (Å²) in [5, 5.41) is 8.63. The third kappa shape index (κ3) is 5.15. The summed E-state index contributed by atoms with van der Waals surface area (Å²) in [5.74, 6) is 0. The van der Waals surface area contributed by atoms with Gasteiger partial charge in [-0.1, -0.05) is 55.9 Å². The van der Waals surface area contributed by atoms with Crippen molar-refractivity contribution in [3.63, 3.8) is 0 Å². The zero-order valence-corrected chi connectivity index (χ0v) is 22.5. The molecule has 0 saturated carbocycles. The van der Waals surface area contributed by atoms with Crippen LogP contribution in [0.1, 0.15) is 35.9 Å². The van der Waals surface area contributed by atoms with Crippen molar-refractivity contribution in [2.75, 3.05) is 0 Å². The Balaban J connectivity index is 1.96. The Bertz CT molecular complexity index is 1010. The molecule has 0 radical (unpaired) electrons. The average Bonchev–Trinajstić information content (AvgIpc) is 3.07. The first kappa shape index (κ1) is 23.4. The lowest BCUT2D eigenvalue weighted by molar-refractivity contribution is -0.0783. The number of benzene rings is 2. The molecule has 1 aromatic heterocycles. The highest BCUT2D eigenvalue weighted by Gasteiger charge is 2.32. The minimum absolute atomic E-state index is 0.191. The lowest BCUT2D eigenvalue weighted by Gasteiger charge is -2.35. The van der Waals surface area contributed by atoms with Crippen molar-refractivity contribution < 1.29 is 8.85 Å². The van der Waals surface area contributed by atoms with Gasteiger partial charge in [-0.3, -0.25) is 0 Å². The second-order valence-corrected chi connectivity index (χ2v) is 10.8. The SMILES string of the molecule is C[SiH2]OC(O[SiH2]C)C(C)(C)Cc1cc(Cl)ccc1C(Cl)c1ccc2nnn(C)c2c1. The molecule has 3 aromatic rings. The van der Waals surface area contributed by atoms with E-state index in [1.165, 1.54) is 0 Å². The van der Waals surface area contributed by atoms with E-state index in [0.29, 0.717) is 5.02 Å².